The number of nitrogens with one attached hydrogen (secondary N) is 1. The first-order chi connectivity index (χ1) is 2.50. The highest BCUT2D eigenvalue weighted by atomic mass is 19.0. The van der Waals surface area contributed by atoms with Crippen LogP contribution >= 0.6 is 0 Å². The molecule has 1 aromatic heterocycles. The Morgan fingerprint density at radius 1 is 1.43 bits per heavy atom. The second kappa shape index (κ2) is 5.14. The molecule has 0 aliphatic rings. The minimum Gasteiger partial charge on any atom is -0.351 e. The van der Waals surface area contributed by atoms with E-state index in [4.69, 9.17) is 0 Å². The monoisotopic (exact) mass is 104 g/mol. The van der Waals surface area contributed by atoms with E-state index in [0.717, 1.165) is 0 Å². The van der Waals surface area contributed by atoms with Gasteiger partial charge in [-0.25, -0.2) is 4.98 Å². The Morgan fingerprint density at radius 2 is 2.14 bits per heavy atom. The average Bonchev–Trinajstić information content (AvgIpc) is 1.76. The highest BCUT2D eigenvalue weighted by molar-refractivity contribution is 4.64. The van der Waals surface area contributed by atoms with E-state index in [-0.39, 0.29) is 12.1 Å². The van der Waals surface area contributed by atoms with Crippen LogP contribution in [0.4, 0.5) is 4.70 Å². The molecule has 1 aromatic rings. The molecule has 0 aliphatic heterocycles. The van der Waals surface area contributed by atoms with Gasteiger partial charge < -0.3 is 4.98 Å². The normalized spacial score (nSPS) is 5.71. The number of halogens is 1. The van der Waals surface area contributed by atoms with E-state index in [1.807, 2.05) is 0 Å². The van der Waals surface area contributed by atoms with E-state index in [0.29, 0.717) is 0 Å². The minimum atomic E-state index is 0. The third-order valence-corrected chi connectivity index (χ3v) is 0.406. The summed E-state index contributed by atoms with van der Waals surface area (Å²) in [5, 5.41) is 0. The fraction of sp³-hybridized carbons (Fsp3) is 0.250. The molecule has 1 rings (SSSR count). The second-order valence-electron chi connectivity index (χ2n) is 0.761. The fourth-order valence-electron chi connectivity index (χ4n) is 0.215. The van der Waals surface area contributed by atoms with Gasteiger partial charge >= 0.3 is 0 Å². The maximum Gasteiger partial charge on any atom is 0.0919 e. The molecular weight excluding hydrogens is 95.1 g/mol. The molecule has 0 spiro atoms. The Morgan fingerprint density at radius 3 is 2.29 bits per heavy atom. The Kier molecular flexibility index (Phi) is 6.95. The van der Waals surface area contributed by atoms with E-state index in [2.05, 4.69) is 9.97 Å². The van der Waals surface area contributed by atoms with E-state index in [9.17, 15) is 0 Å². The molecule has 0 fully saturated rings. The van der Waals surface area contributed by atoms with Crippen molar-refractivity contribution in [3.05, 3.63) is 18.7 Å². The van der Waals surface area contributed by atoms with Crippen LogP contribution < -0.4 is 0 Å². The first-order valence-electron chi connectivity index (χ1n) is 1.43. The molecule has 1 N–H and O–H groups in total. The molecule has 42 valence electrons. The highest BCUT2D eigenvalue weighted by Gasteiger charge is 1.56. The largest absolute Gasteiger partial charge is 0.351 e. The molecule has 0 saturated heterocycles. The quantitative estimate of drug-likeness (QED) is 0.526. The number of rotatable bonds is 0. The summed E-state index contributed by atoms with van der Waals surface area (Å²) in [7, 11) is 0. The Bertz CT molecular complexity index is 66.2. The molecule has 0 saturated carbocycles. The van der Waals surface area contributed by atoms with Crippen LogP contribution in [0.5, 0.6) is 0 Å². The van der Waals surface area contributed by atoms with Crippen LogP contribution in [-0.4, -0.2) is 9.97 Å². The molecule has 0 bridgehead atoms. The third kappa shape index (κ3) is 2.96. The van der Waals surface area contributed by atoms with E-state index in [1.54, 1.807) is 18.7 Å². The molecular formula is C4H9FN2. The van der Waals surface area contributed by atoms with Gasteiger partial charge in [0.25, 0.3) is 0 Å². The van der Waals surface area contributed by atoms with Crippen molar-refractivity contribution in [2.24, 2.45) is 0 Å². The molecule has 2 nitrogen and oxygen atoms in total. The predicted octanol–water partition coefficient (Wildman–Crippen LogP) is 1.20. The molecule has 0 radical (unpaired) electrons. The van der Waals surface area contributed by atoms with Crippen LogP contribution in [0.2, 0.25) is 0 Å². The standard InChI is InChI=1S/C3H4N2.CH4.FH/c1-2-5-3-4-1;;/h1-3H,(H,4,5);1H4;1H. The summed E-state index contributed by atoms with van der Waals surface area (Å²) in [4.78, 5) is 6.42. The lowest BCUT2D eigenvalue weighted by atomic mass is 11.0. The van der Waals surface area contributed by atoms with Crippen LogP contribution in [-0.2, 0) is 0 Å². The van der Waals surface area contributed by atoms with Crippen molar-refractivity contribution < 1.29 is 4.70 Å². The van der Waals surface area contributed by atoms with Gasteiger partial charge in [0.05, 0.1) is 6.33 Å². The van der Waals surface area contributed by atoms with E-state index >= 15 is 0 Å². The number of hydrogen-bond donors (Lipinski definition) is 1. The molecule has 0 unspecified atom stereocenters. The summed E-state index contributed by atoms with van der Waals surface area (Å²) < 4.78 is 0. The molecule has 1 heterocycles. The van der Waals surface area contributed by atoms with Gasteiger partial charge in [0, 0.05) is 12.4 Å². The van der Waals surface area contributed by atoms with Gasteiger partial charge in [-0.3, -0.25) is 4.70 Å². The van der Waals surface area contributed by atoms with Crippen molar-refractivity contribution in [2.45, 2.75) is 7.43 Å². The van der Waals surface area contributed by atoms with Crippen LogP contribution in [0.1, 0.15) is 7.43 Å². The van der Waals surface area contributed by atoms with Gasteiger partial charge in [0.15, 0.2) is 0 Å². The van der Waals surface area contributed by atoms with Crippen LogP contribution in [0.25, 0.3) is 0 Å². The van der Waals surface area contributed by atoms with Crippen LogP contribution in [0.3, 0.4) is 0 Å². The van der Waals surface area contributed by atoms with E-state index < -0.39 is 0 Å². The number of hydrogen-bond acceptors (Lipinski definition) is 1. The predicted molar refractivity (Wildman–Crippen MR) is 27.8 cm³/mol. The molecule has 0 aromatic carbocycles. The lowest BCUT2D eigenvalue weighted by Crippen LogP contribution is -1.44. The lowest BCUT2D eigenvalue weighted by Gasteiger charge is -1.46. The Balaban J connectivity index is 0. The number of imidazole rings is 1. The summed E-state index contributed by atoms with van der Waals surface area (Å²) in [5.74, 6) is 0. The minimum absolute atomic E-state index is 0. The van der Waals surface area contributed by atoms with Crippen LogP contribution in [0.15, 0.2) is 18.7 Å². The topological polar surface area (TPSA) is 28.7 Å². The summed E-state index contributed by atoms with van der Waals surface area (Å²) in [5.41, 5.74) is 0. The van der Waals surface area contributed by atoms with Crippen molar-refractivity contribution >= 4 is 0 Å². The zero-order valence-electron chi connectivity index (χ0n) is 3.09. The average molecular weight is 104 g/mol. The summed E-state index contributed by atoms with van der Waals surface area (Å²) in [6, 6.07) is 0. The summed E-state index contributed by atoms with van der Waals surface area (Å²) in [6.45, 7) is 0. The molecule has 0 atom stereocenters. The van der Waals surface area contributed by atoms with Crippen molar-refractivity contribution in [3.8, 4) is 0 Å². The van der Waals surface area contributed by atoms with Gasteiger partial charge in [-0.1, -0.05) is 7.43 Å². The smallest absolute Gasteiger partial charge is 0.0919 e. The Hall–Kier alpha value is -0.860. The van der Waals surface area contributed by atoms with Crippen molar-refractivity contribution in [1.29, 1.82) is 0 Å². The van der Waals surface area contributed by atoms with Gasteiger partial charge in [-0.05, 0) is 0 Å². The zero-order valence-corrected chi connectivity index (χ0v) is 3.09. The molecule has 3 heteroatoms. The van der Waals surface area contributed by atoms with Gasteiger partial charge in [0.1, 0.15) is 0 Å². The third-order valence-electron chi connectivity index (χ3n) is 0.406. The summed E-state index contributed by atoms with van der Waals surface area (Å²) >= 11 is 0. The number of nitrogens with zero attached hydrogens (tertiary/aromatic N) is 1. The number of H-pyrrole nitrogens is 1. The SMILES string of the molecule is C.F.c1c[nH]cn1. The second-order valence-corrected chi connectivity index (χ2v) is 0.761. The fourth-order valence-corrected chi connectivity index (χ4v) is 0.215. The molecule has 0 aliphatic carbocycles. The van der Waals surface area contributed by atoms with Gasteiger partial charge in [-0.2, -0.15) is 0 Å². The summed E-state index contributed by atoms with van der Waals surface area (Å²) in [6.07, 6.45) is 5.08. The lowest BCUT2D eigenvalue weighted by molar-refractivity contribution is 1.11. The van der Waals surface area contributed by atoms with Gasteiger partial charge in [-0.15, -0.1) is 0 Å². The van der Waals surface area contributed by atoms with Gasteiger partial charge in [0.2, 0.25) is 0 Å². The maximum atomic E-state index is 3.67. The number of aromatic nitrogens is 2. The Labute approximate surface area is 42.0 Å². The first-order valence-corrected chi connectivity index (χ1v) is 1.43. The van der Waals surface area contributed by atoms with Crippen LogP contribution in [0, 0.1) is 0 Å². The number of aromatic amines is 1. The van der Waals surface area contributed by atoms with Crippen molar-refractivity contribution in [2.75, 3.05) is 0 Å². The maximum absolute atomic E-state index is 3.67. The van der Waals surface area contributed by atoms with E-state index in [1.165, 1.54) is 0 Å². The molecule has 0 amide bonds. The van der Waals surface area contributed by atoms with Crippen molar-refractivity contribution in [3.63, 3.8) is 0 Å². The molecule has 7 heavy (non-hydrogen) atoms. The zero-order chi connectivity index (χ0) is 3.54. The first kappa shape index (κ1) is 9.46. The van der Waals surface area contributed by atoms with Crippen molar-refractivity contribution in [1.82, 2.24) is 9.97 Å². The highest BCUT2D eigenvalue weighted by Crippen LogP contribution is 1.62.